The van der Waals surface area contributed by atoms with Crippen LogP contribution in [0.1, 0.15) is 6.92 Å². The molecule has 1 aliphatic rings. The van der Waals surface area contributed by atoms with Gasteiger partial charge in [0.2, 0.25) is 0 Å². The summed E-state index contributed by atoms with van der Waals surface area (Å²) in [5, 5.41) is 0. The molecule has 3 nitrogen and oxygen atoms in total. The molecule has 0 radical (unpaired) electrons. The third-order valence-corrected chi connectivity index (χ3v) is 1.73. The first-order valence-corrected chi connectivity index (χ1v) is 3.65. The van der Waals surface area contributed by atoms with Gasteiger partial charge in [-0.15, -0.1) is 0 Å². The molecule has 0 bridgehead atoms. The maximum atomic E-state index is 5.33. The van der Waals surface area contributed by atoms with Crippen molar-refractivity contribution in [1.29, 1.82) is 0 Å². The first-order chi connectivity index (χ1) is 5.25. The van der Waals surface area contributed by atoms with Crippen LogP contribution >= 0.6 is 0 Å². The molecule has 0 aromatic carbocycles. The molecule has 1 aliphatic heterocycles. The summed E-state index contributed by atoms with van der Waals surface area (Å²) in [7, 11) is 1.60. The summed E-state index contributed by atoms with van der Waals surface area (Å²) in [6, 6.07) is 0. The fraction of sp³-hybridized carbons (Fsp3) is 0.750. The molecule has 0 unspecified atom stereocenters. The zero-order valence-corrected chi connectivity index (χ0v) is 7.00. The van der Waals surface area contributed by atoms with Crippen LogP contribution in [0.3, 0.4) is 0 Å². The van der Waals surface area contributed by atoms with E-state index in [2.05, 4.69) is 6.58 Å². The molecular weight excluding hydrogens is 144 g/mol. The molecule has 0 aromatic heterocycles. The number of ether oxygens (including phenoxy) is 3. The average molecular weight is 158 g/mol. The van der Waals surface area contributed by atoms with Gasteiger partial charge in [0.05, 0.1) is 12.7 Å². The van der Waals surface area contributed by atoms with Gasteiger partial charge in [-0.3, -0.25) is 0 Å². The topological polar surface area (TPSA) is 27.7 Å². The third kappa shape index (κ3) is 2.02. The highest BCUT2D eigenvalue weighted by Gasteiger charge is 2.28. The van der Waals surface area contributed by atoms with Gasteiger partial charge in [0, 0.05) is 7.11 Å². The molecule has 1 heterocycles. The van der Waals surface area contributed by atoms with Gasteiger partial charge in [0.1, 0.15) is 12.9 Å². The summed E-state index contributed by atoms with van der Waals surface area (Å²) in [6.07, 6.45) is 0.118. The van der Waals surface area contributed by atoms with Crippen LogP contribution in [-0.4, -0.2) is 32.7 Å². The lowest BCUT2D eigenvalue weighted by Gasteiger charge is -2.14. The van der Waals surface area contributed by atoms with E-state index in [-0.39, 0.29) is 12.2 Å². The Morgan fingerprint density at radius 3 is 2.91 bits per heavy atom. The molecule has 0 aromatic rings. The first kappa shape index (κ1) is 8.71. The summed E-state index contributed by atoms with van der Waals surface area (Å²) in [4.78, 5) is 0. The lowest BCUT2D eigenvalue weighted by atomic mass is 10.1. The number of hydrogen-bond donors (Lipinski definition) is 0. The number of rotatable bonds is 3. The molecule has 0 N–H and O–H groups in total. The van der Waals surface area contributed by atoms with Gasteiger partial charge in [-0.1, -0.05) is 6.58 Å². The minimum Gasteiger partial charge on any atom is -0.371 e. The van der Waals surface area contributed by atoms with Crippen LogP contribution < -0.4 is 0 Å². The van der Waals surface area contributed by atoms with E-state index in [9.17, 15) is 0 Å². The van der Waals surface area contributed by atoms with Gasteiger partial charge in [-0.2, -0.15) is 0 Å². The smallest absolute Gasteiger partial charge is 0.147 e. The first-order valence-electron chi connectivity index (χ1n) is 3.65. The highest BCUT2D eigenvalue weighted by Crippen LogP contribution is 2.20. The average Bonchev–Trinajstić information content (AvgIpc) is 2.29. The van der Waals surface area contributed by atoms with Crippen LogP contribution in [0, 0.1) is 0 Å². The van der Waals surface area contributed by atoms with E-state index < -0.39 is 0 Å². The van der Waals surface area contributed by atoms with E-state index in [0.29, 0.717) is 13.4 Å². The van der Waals surface area contributed by atoms with Crippen molar-refractivity contribution in [3.05, 3.63) is 12.2 Å². The minimum atomic E-state index is 0.00921. The van der Waals surface area contributed by atoms with E-state index in [1.807, 2.05) is 6.92 Å². The molecule has 0 spiro atoms. The largest absolute Gasteiger partial charge is 0.371 e. The Kier molecular flexibility index (Phi) is 3.05. The lowest BCUT2D eigenvalue weighted by Crippen LogP contribution is -2.23. The van der Waals surface area contributed by atoms with E-state index in [0.717, 1.165) is 5.57 Å². The second kappa shape index (κ2) is 3.85. The third-order valence-electron chi connectivity index (χ3n) is 1.73. The fourth-order valence-electron chi connectivity index (χ4n) is 1.13. The molecule has 11 heavy (non-hydrogen) atoms. The minimum absolute atomic E-state index is 0.00921. The molecule has 2 atom stereocenters. The van der Waals surface area contributed by atoms with Crippen LogP contribution in [0.15, 0.2) is 12.2 Å². The van der Waals surface area contributed by atoms with Crippen molar-refractivity contribution in [3.63, 3.8) is 0 Å². The van der Waals surface area contributed by atoms with Gasteiger partial charge in [-0.25, -0.2) is 0 Å². The van der Waals surface area contributed by atoms with Crippen molar-refractivity contribution in [2.24, 2.45) is 0 Å². The predicted octanol–water partition coefficient (Wildman–Crippen LogP) is 0.950. The van der Waals surface area contributed by atoms with Crippen LogP contribution in [0.5, 0.6) is 0 Å². The standard InChI is InChI=1S/C8H14O3/c1-6-4-10-7(2)8(6)11-5-9-3/h7-8H,1,4-5H2,2-3H3/t7-,8+/m1/s1. The van der Waals surface area contributed by atoms with Gasteiger partial charge in [0.25, 0.3) is 0 Å². The molecular formula is C8H14O3. The zero-order valence-electron chi connectivity index (χ0n) is 7.00. The van der Waals surface area contributed by atoms with Crippen LogP contribution in [0.4, 0.5) is 0 Å². The van der Waals surface area contributed by atoms with E-state index in [1.165, 1.54) is 0 Å². The summed E-state index contributed by atoms with van der Waals surface area (Å²) < 4.78 is 15.4. The Balaban J connectivity index is 2.35. The quantitative estimate of drug-likeness (QED) is 0.452. The highest BCUT2D eigenvalue weighted by atomic mass is 16.7. The molecule has 3 heteroatoms. The number of methoxy groups -OCH3 is 1. The molecule has 64 valence electrons. The monoisotopic (exact) mass is 158 g/mol. The second-order valence-electron chi connectivity index (χ2n) is 2.67. The molecule has 0 aliphatic carbocycles. The maximum absolute atomic E-state index is 5.33. The molecule has 1 fully saturated rings. The van der Waals surface area contributed by atoms with Crippen molar-refractivity contribution in [2.45, 2.75) is 19.1 Å². The summed E-state index contributed by atoms with van der Waals surface area (Å²) >= 11 is 0. The summed E-state index contributed by atoms with van der Waals surface area (Å²) in [6.45, 7) is 6.71. The predicted molar refractivity (Wildman–Crippen MR) is 41.3 cm³/mol. The Morgan fingerprint density at radius 1 is 1.73 bits per heavy atom. The zero-order chi connectivity index (χ0) is 8.27. The lowest BCUT2D eigenvalue weighted by molar-refractivity contribution is -0.0816. The maximum Gasteiger partial charge on any atom is 0.147 e. The Labute approximate surface area is 66.9 Å². The summed E-state index contributed by atoms with van der Waals surface area (Å²) in [5.74, 6) is 0. The van der Waals surface area contributed by atoms with Gasteiger partial charge < -0.3 is 14.2 Å². The Morgan fingerprint density at radius 2 is 2.45 bits per heavy atom. The van der Waals surface area contributed by atoms with Crippen LogP contribution in [0.25, 0.3) is 0 Å². The van der Waals surface area contributed by atoms with Gasteiger partial charge >= 0.3 is 0 Å². The van der Waals surface area contributed by atoms with Crippen molar-refractivity contribution in [1.82, 2.24) is 0 Å². The van der Waals surface area contributed by atoms with E-state index >= 15 is 0 Å². The van der Waals surface area contributed by atoms with Crippen molar-refractivity contribution >= 4 is 0 Å². The van der Waals surface area contributed by atoms with Crippen molar-refractivity contribution < 1.29 is 14.2 Å². The van der Waals surface area contributed by atoms with E-state index in [4.69, 9.17) is 14.2 Å². The number of hydrogen-bond acceptors (Lipinski definition) is 3. The fourth-order valence-corrected chi connectivity index (χ4v) is 1.13. The molecule has 1 saturated heterocycles. The van der Waals surface area contributed by atoms with Crippen molar-refractivity contribution in [2.75, 3.05) is 20.5 Å². The van der Waals surface area contributed by atoms with Crippen LogP contribution in [0.2, 0.25) is 0 Å². The highest BCUT2D eigenvalue weighted by molar-refractivity contribution is 5.09. The van der Waals surface area contributed by atoms with E-state index in [1.54, 1.807) is 7.11 Å². The van der Waals surface area contributed by atoms with Crippen LogP contribution in [-0.2, 0) is 14.2 Å². The normalized spacial score (nSPS) is 31.3. The molecule has 1 rings (SSSR count). The molecule has 0 amide bonds. The Hall–Kier alpha value is -0.380. The summed E-state index contributed by atoms with van der Waals surface area (Å²) in [5.41, 5.74) is 0.995. The second-order valence-corrected chi connectivity index (χ2v) is 2.67. The SMILES string of the molecule is C=C1CO[C@H](C)[C@H]1OCOC. The van der Waals surface area contributed by atoms with Gasteiger partial charge in [0.15, 0.2) is 0 Å². The Bertz CT molecular complexity index is 144. The van der Waals surface area contributed by atoms with Gasteiger partial charge in [-0.05, 0) is 12.5 Å². The van der Waals surface area contributed by atoms with Crippen molar-refractivity contribution in [3.8, 4) is 0 Å². The molecule has 0 saturated carbocycles.